The number of alkyl halides is 3. The van der Waals surface area contributed by atoms with Gasteiger partial charge in [-0.05, 0) is 68.2 Å². The number of anilines is 1. The molecule has 0 radical (unpaired) electrons. The van der Waals surface area contributed by atoms with Crippen molar-refractivity contribution in [3.8, 4) is 11.6 Å². The van der Waals surface area contributed by atoms with E-state index in [4.69, 9.17) is 22.1 Å². The number of nitrogens with one attached hydrogen (secondary N) is 1. The number of ether oxygens (including phenoxy) is 1. The van der Waals surface area contributed by atoms with Crippen molar-refractivity contribution in [2.75, 3.05) is 5.73 Å². The maximum Gasteiger partial charge on any atom is 0.429 e. The summed E-state index contributed by atoms with van der Waals surface area (Å²) in [7, 11) is 0. The van der Waals surface area contributed by atoms with Crippen LogP contribution in [0, 0.1) is 12.3 Å². The third kappa shape index (κ3) is 5.89. The van der Waals surface area contributed by atoms with Crippen molar-refractivity contribution >= 4 is 29.1 Å². The molecule has 2 aliphatic rings. The maximum absolute atomic E-state index is 14.5. The molecule has 1 aliphatic carbocycles. The number of rotatable bonds is 7. The SMILES string of the molecule is CCC1NC(C(=O)O)CC12CC=C(c1cc(O[C@H](c3ccc(Cl)cc3-n3ccc(C)n3)C(F)(F)F)nc(N)n1)CC2. The van der Waals surface area contributed by atoms with E-state index in [0.717, 1.165) is 12.0 Å². The second-order valence-corrected chi connectivity index (χ2v) is 11.0. The van der Waals surface area contributed by atoms with E-state index in [1.165, 1.54) is 28.9 Å². The molecule has 1 spiro atoms. The van der Waals surface area contributed by atoms with Gasteiger partial charge in [0.1, 0.15) is 6.04 Å². The third-order valence-electron chi connectivity index (χ3n) is 7.93. The van der Waals surface area contributed by atoms with Crippen LogP contribution in [0.25, 0.3) is 11.3 Å². The highest BCUT2D eigenvalue weighted by Gasteiger charge is 2.49. The molecular formula is C28H30ClF3N6O3. The molecule has 218 valence electrons. The molecule has 1 fully saturated rings. The van der Waals surface area contributed by atoms with Gasteiger partial charge in [0.2, 0.25) is 17.9 Å². The number of aryl methyl sites for hydroxylation is 1. The predicted octanol–water partition coefficient (Wildman–Crippen LogP) is 5.67. The summed E-state index contributed by atoms with van der Waals surface area (Å²) >= 11 is 6.13. The predicted molar refractivity (Wildman–Crippen MR) is 147 cm³/mol. The highest BCUT2D eigenvalue weighted by Crippen LogP contribution is 2.49. The van der Waals surface area contributed by atoms with Gasteiger partial charge in [-0.1, -0.05) is 30.7 Å². The highest BCUT2D eigenvalue weighted by atomic mass is 35.5. The number of allylic oxidation sites excluding steroid dienone is 2. The topological polar surface area (TPSA) is 128 Å². The summed E-state index contributed by atoms with van der Waals surface area (Å²) in [5.41, 5.74) is 7.42. The normalized spacial score (nSPS) is 23.4. The summed E-state index contributed by atoms with van der Waals surface area (Å²) in [4.78, 5) is 19.8. The Balaban J connectivity index is 1.45. The van der Waals surface area contributed by atoms with Crippen molar-refractivity contribution in [1.29, 1.82) is 0 Å². The van der Waals surface area contributed by atoms with Gasteiger partial charge in [0, 0.05) is 28.9 Å². The summed E-state index contributed by atoms with van der Waals surface area (Å²) < 4.78 is 50.2. The van der Waals surface area contributed by atoms with Gasteiger partial charge in [0.15, 0.2) is 0 Å². The molecule has 13 heteroatoms. The summed E-state index contributed by atoms with van der Waals surface area (Å²) in [5, 5.41) is 17.2. The Labute approximate surface area is 239 Å². The van der Waals surface area contributed by atoms with E-state index in [2.05, 4.69) is 20.4 Å². The Morgan fingerprint density at radius 2 is 2.10 bits per heavy atom. The van der Waals surface area contributed by atoms with Gasteiger partial charge in [-0.25, -0.2) is 9.67 Å². The molecule has 4 atom stereocenters. The van der Waals surface area contributed by atoms with Crippen LogP contribution in [-0.4, -0.2) is 49.1 Å². The number of benzene rings is 1. The van der Waals surface area contributed by atoms with Gasteiger partial charge in [0.05, 0.1) is 17.1 Å². The fraction of sp³-hybridized carbons (Fsp3) is 0.429. The monoisotopic (exact) mass is 590 g/mol. The second-order valence-electron chi connectivity index (χ2n) is 10.6. The van der Waals surface area contributed by atoms with E-state index in [-0.39, 0.29) is 39.6 Å². The van der Waals surface area contributed by atoms with Crippen LogP contribution in [0.3, 0.4) is 0 Å². The van der Waals surface area contributed by atoms with E-state index < -0.39 is 24.3 Å². The van der Waals surface area contributed by atoms with E-state index in [9.17, 15) is 23.1 Å². The lowest BCUT2D eigenvalue weighted by atomic mass is 9.68. The van der Waals surface area contributed by atoms with Crippen LogP contribution in [-0.2, 0) is 4.79 Å². The lowest BCUT2D eigenvalue weighted by Gasteiger charge is -2.37. The molecule has 1 saturated heterocycles. The first-order valence-electron chi connectivity index (χ1n) is 13.3. The van der Waals surface area contributed by atoms with Crippen LogP contribution >= 0.6 is 11.6 Å². The number of aromatic nitrogens is 4. The molecular weight excluding hydrogens is 561 g/mol. The van der Waals surface area contributed by atoms with E-state index in [1.807, 2.05) is 13.0 Å². The lowest BCUT2D eigenvalue weighted by Crippen LogP contribution is -2.39. The summed E-state index contributed by atoms with van der Waals surface area (Å²) in [6, 6.07) is 6.48. The zero-order valence-electron chi connectivity index (χ0n) is 22.5. The van der Waals surface area contributed by atoms with Crippen LogP contribution in [0.2, 0.25) is 5.02 Å². The largest absolute Gasteiger partial charge is 0.480 e. The van der Waals surface area contributed by atoms with E-state index in [1.54, 1.807) is 19.2 Å². The first kappa shape index (κ1) is 28.9. The maximum atomic E-state index is 14.5. The van der Waals surface area contributed by atoms with Crippen molar-refractivity contribution in [3.63, 3.8) is 0 Å². The number of carboxylic acids is 1. The fourth-order valence-electron chi connectivity index (χ4n) is 5.97. The summed E-state index contributed by atoms with van der Waals surface area (Å²) in [5.74, 6) is -1.42. The Kier molecular flexibility index (Phi) is 7.73. The highest BCUT2D eigenvalue weighted by molar-refractivity contribution is 6.30. The Bertz CT molecular complexity index is 1490. The minimum absolute atomic E-state index is 0.0513. The van der Waals surface area contributed by atoms with Gasteiger partial charge in [0.25, 0.3) is 0 Å². The van der Waals surface area contributed by atoms with Gasteiger partial charge in [-0.15, -0.1) is 0 Å². The number of nitrogens with two attached hydrogens (primary N) is 1. The zero-order valence-corrected chi connectivity index (χ0v) is 23.2. The van der Waals surface area contributed by atoms with Crippen molar-refractivity contribution in [3.05, 3.63) is 64.6 Å². The van der Waals surface area contributed by atoms with Crippen LogP contribution in [0.5, 0.6) is 5.88 Å². The van der Waals surface area contributed by atoms with E-state index >= 15 is 0 Å². The first-order chi connectivity index (χ1) is 19.4. The molecule has 0 amide bonds. The number of aliphatic carboxylic acids is 1. The number of hydrogen-bond donors (Lipinski definition) is 3. The number of carbonyl (C=O) groups is 1. The molecule has 1 aliphatic heterocycles. The van der Waals surface area contributed by atoms with Gasteiger partial charge in [-0.3, -0.25) is 4.79 Å². The van der Waals surface area contributed by atoms with Crippen LogP contribution in [0.1, 0.15) is 62.1 Å². The van der Waals surface area contributed by atoms with Crippen molar-refractivity contribution in [2.24, 2.45) is 5.41 Å². The third-order valence-corrected chi connectivity index (χ3v) is 8.17. The summed E-state index contributed by atoms with van der Waals surface area (Å²) in [6.45, 7) is 3.75. The smallest absolute Gasteiger partial charge is 0.429 e. The molecule has 41 heavy (non-hydrogen) atoms. The minimum atomic E-state index is -4.81. The van der Waals surface area contributed by atoms with Crippen LogP contribution in [0.4, 0.5) is 19.1 Å². The average Bonchev–Trinajstić information content (AvgIpc) is 3.50. The number of halogens is 4. The fourth-order valence-corrected chi connectivity index (χ4v) is 6.13. The number of carboxylic acid groups (broad SMARTS) is 1. The van der Waals surface area contributed by atoms with Gasteiger partial charge >= 0.3 is 12.1 Å². The van der Waals surface area contributed by atoms with E-state index in [0.29, 0.717) is 37.1 Å². The molecule has 9 nitrogen and oxygen atoms in total. The molecule has 0 bridgehead atoms. The minimum Gasteiger partial charge on any atom is -0.480 e. The lowest BCUT2D eigenvalue weighted by molar-refractivity contribution is -0.198. The number of nitrogen functional groups attached to an aromatic ring is 1. The van der Waals surface area contributed by atoms with Crippen LogP contribution < -0.4 is 15.8 Å². The number of hydrogen-bond acceptors (Lipinski definition) is 7. The molecule has 5 rings (SSSR count). The Hall–Kier alpha value is -3.64. The standard InChI is InChI=1S/C28H30ClF3N6O3/c1-3-22-27(14-20(34-22)25(39)40)9-6-16(7-10-27)19-13-23(36-26(33)35-19)41-24(28(30,31)32)18-5-4-17(29)12-21(18)38-11-8-15(2)37-38/h4-6,8,11-13,20,22,24,34H,3,7,9-10,14H2,1-2H3,(H,39,40)(H2,33,35,36)/t20?,22?,24-,27?/m1/s1. The summed E-state index contributed by atoms with van der Waals surface area (Å²) in [6.07, 6.45) is -0.517. The molecule has 0 saturated carbocycles. The zero-order chi connectivity index (χ0) is 29.5. The quantitative estimate of drug-likeness (QED) is 0.321. The van der Waals surface area contributed by atoms with Gasteiger partial charge in [-0.2, -0.15) is 23.3 Å². The Morgan fingerprint density at radius 3 is 2.71 bits per heavy atom. The van der Waals surface area contributed by atoms with Crippen LogP contribution in [0.15, 0.2) is 42.6 Å². The molecule has 3 aromatic rings. The molecule has 2 aromatic heterocycles. The van der Waals surface area contributed by atoms with Crippen molar-refractivity contribution in [1.82, 2.24) is 25.1 Å². The Morgan fingerprint density at radius 1 is 1.32 bits per heavy atom. The molecule has 1 aromatic carbocycles. The van der Waals surface area contributed by atoms with Crippen molar-refractivity contribution in [2.45, 2.75) is 70.3 Å². The molecule has 3 unspecified atom stereocenters. The number of nitrogens with zero attached hydrogens (tertiary/aromatic N) is 4. The average molecular weight is 591 g/mol. The second kappa shape index (κ2) is 11.0. The van der Waals surface area contributed by atoms with Crippen molar-refractivity contribution < 1.29 is 27.8 Å². The molecule has 3 heterocycles. The first-order valence-corrected chi connectivity index (χ1v) is 13.6. The molecule has 4 N–H and O–H groups in total. The van der Waals surface area contributed by atoms with Gasteiger partial charge < -0.3 is 20.9 Å².